The Morgan fingerprint density at radius 3 is 2.15 bits per heavy atom. The minimum Gasteiger partial charge on any atom is -0.399 e. The fraction of sp³-hybridized carbons (Fsp3) is 0.600. The lowest BCUT2D eigenvalue weighted by molar-refractivity contribution is 0.0797. The summed E-state index contributed by atoms with van der Waals surface area (Å²) in [6.45, 7) is 8.88. The third kappa shape index (κ3) is 6.84. The molecule has 0 aliphatic heterocycles. The minimum atomic E-state index is -0.297. The van der Waals surface area contributed by atoms with Crippen molar-refractivity contribution in [2.75, 3.05) is 45.3 Å². The van der Waals surface area contributed by atoms with Crippen molar-refractivity contribution >= 4 is 5.69 Å². The molecule has 0 aliphatic rings. The van der Waals surface area contributed by atoms with Gasteiger partial charge in [-0.3, -0.25) is 4.90 Å². The molecule has 0 fully saturated rings. The minimum absolute atomic E-state index is 0.297. The van der Waals surface area contributed by atoms with E-state index in [1.807, 2.05) is 13.8 Å². The monoisotopic (exact) mass is 284 g/mol. The Bertz CT molecular complexity index is 358. The Kier molecular flexibility index (Phi) is 8.18. The maximum atomic E-state index is 13.3. The number of hydrogen-bond acceptors (Lipinski definition) is 4. The van der Waals surface area contributed by atoms with Crippen LogP contribution in [0.15, 0.2) is 18.2 Å². The Morgan fingerprint density at radius 1 is 1.05 bits per heavy atom. The SMILES string of the molecule is CCOCCN(CCOCC)Cc1cc(N)cc(F)c1. The van der Waals surface area contributed by atoms with E-state index in [9.17, 15) is 4.39 Å². The van der Waals surface area contributed by atoms with Crippen molar-refractivity contribution in [1.82, 2.24) is 4.90 Å². The molecule has 0 saturated heterocycles. The molecular weight excluding hydrogens is 259 g/mol. The van der Waals surface area contributed by atoms with Crippen molar-refractivity contribution in [3.8, 4) is 0 Å². The summed E-state index contributed by atoms with van der Waals surface area (Å²) in [7, 11) is 0. The molecule has 4 nitrogen and oxygen atoms in total. The van der Waals surface area contributed by atoms with E-state index in [2.05, 4.69) is 4.90 Å². The smallest absolute Gasteiger partial charge is 0.125 e. The molecule has 0 saturated carbocycles. The lowest BCUT2D eigenvalue weighted by atomic mass is 10.2. The van der Waals surface area contributed by atoms with Gasteiger partial charge in [-0.15, -0.1) is 0 Å². The zero-order valence-corrected chi connectivity index (χ0v) is 12.4. The highest BCUT2D eigenvalue weighted by atomic mass is 19.1. The summed E-state index contributed by atoms with van der Waals surface area (Å²) in [5.41, 5.74) is 6.99. The van der Waals surface area contributed by atoms with Crippen LogP contribution in [0.25, 0.3) is 0 Å². The molecule has 20 heavy (non-hydrogen) atoms. The van der Waals surface area contributed by atoms with Crippen molar-refractivity contribution in [3.05, 3.63) is 29.6 Å². The first-order chi connectivity index (χ1) is 9.65. The van der Waals surface area contributed by atoms with Crippen molar-refractivity contribution in [2.24, 2.45) is 0 Å². The fourth-order valence-corrected chi connectivity index (χ4v) is 1.97. The van der Waals surface area contributed by atoms with Crippen LogP contribution in [-0.4, -0.2) is 44.4 Å². The summed E-state index contributed by atoms with van der Waals surface area (Å²) in [5.74, 6) is -0.297. The van der Waals surface area contributed by atoms with Gasteiger partial charge in [0.05, 0.1) is 13.2 Å². The first-order valence-electron chi connectivity index (χ1n) is 7.08. The molecule has 0 aromatic heterocycles. The van der Waals surface area contributed by atoms with Crippen LogP contribution in [0.2, 0.25) is 0 Å². The molecule has 0 heterocycles. The lowest BCUT2D eigenvalue weighted by Crippen LogP contribution is -2.30. The van der Waals surface area contributed by atoms with Crippen LogP contribution in [0, 0.1) is 5.82 Å². The Morgan fingerprint density at radius 2 is 1.65 bits per heavy atom. The Labute approximate surface area is 120 Å². The molecule has 1 rings (SSSR count). The van der Waals surface area contributed by atoms with Gasteiger partial charge in [0, 0.05) is 38.5 Å². The van der Waals surface area contributed by atoms with Gasteiger partial charge < -0.3 is 15.2 Å². The van der Waals surface area contributed by atoms with E-state index in [0.29, 0.717) is 38.7 Å². The van der Waals surface area contributed by atoms with E-state index >= 15 is 0 Å². The van der Waals surface area contributed by atoms with Gasteiger partial charge in [-0.05, 0) is 37.6 Å². The molecule has 1 aromatic rings. The van der Waals surface area contributed by atoms with Crippen LogP contribution >= 0.6 is 0 Å². The summed E-state index contributed by atoms with van der Waals surface area (Å²) in [4.78, 5) is 2.18. The normalized spacial score (nSPS) is 11.2. The maximum Gasteiger partial charge on any atom is 0.125 e. The highest BCUT2D eigenvalue weighted by molar-refractivity contribution is 5.41. The summed E-state index contributed by atoms with van der Waals surface area (Å²) in [6.07, 6.45) is 0. The second-order valence-corrected chi connectivity index (χ2v) is 4.56. The van der Waals surface area contributed by atoms with Crippen LogP contribution in [0.3, 0.4) is 0 Å². The molecule has 0 unspecified atom stereocenters. The Hall–Kier alpha value is -1.17. The largest absolute Gasteiger partial charge is 0.399 e. The van der Waals surface area contributed by atoms with Gasteiger partial charge in [-0.2, -0.15) is 0 Å². The standard InChI is InChI=1S/C15H25FN2O2/c1-3-19-7-5-18(6-8-20-4-2)12-13-9-14(16)11-15(17)10-13/h9-11H,3-8,12,17H2,1-2H3. The average molecular weight is 284 g/mol. The van der Waals surface area contributed by atoms with E-state index in [1.165, 1.54) is 12.1 Å². The Balaban J connectivity index is 2.56. The van der Waals surface area contributed by atoms with Crippen LogP contribution in [0.4, 0.5) is 10.1 Å². The number of hydrogen-bond donors (Lipinski definition) is 1. The van der Waals surface area contributed by atoms with Crippen molar-refractivity contribution in [3.63, 3.8) is 0 Å². The van der Waals surface area contributed by atoms with Gasteiger partial charge in [0.2, 0.25) is 0 Å². The predicted octanol–water partition coefficient (Wildman–Crippen LogP) is 2.28. The third-order valence-corrected chi connectivity index (χ3v) is 2.90. The number of rotatable bonds is 10. The lowest BCUT2D eigenvalue weighted by Gasteiger charge is -2.22. The summed E-state index contributed by atoms with van der Waals surface area (Å²) in [6, 6.07) is 4.65. The van der Waals surface area contributed by atoms with E-state index < -0.39 is 0 Å². The molecule has 0 atom stereocenters. The number of nitrogen functional groups attached to an aromatic ring is 1. The summed E-state index contributed by atoms with van der Waals surface area (Å²) >= 11 is 0. The second-order valence-electron chi connectivity index (χ2n) is 4.56. The predicted molar refractivity (Wildman–Crippen MR) is 79.1 cm³/mol. The molecule has 0 bridgehead atoms. The van der Waals surface area contributed by atoms with E-state index in [1.54, 1.807) is 6.07 Å². The van der Waals surface area contributed by atoms with Crippen LogP contribution in [0.1, 0.15) is 19.4 Å². The zero-order valence-electron chi connectivity index (χ0n) is 12.4. The van der Waals surface area contributed by atoms with Crippen LogP contribution in [-0.2, 0) is 16.0 Å². The highest BCUT2D eigenvalue weighted by Gasteiger charge is 2.07. The number of nitrogens with two attached hydrogens (primary N) is 1. The van der Waals surface area contributed by atoms with Crippen molar-refractivity contribution < 1.29 is 13.9 Å². The average Bonchev–Trinajstić information content (AvgIpc) is 2.38. The van der Waals surface area contributed by atoms with E-state index in [0.717, 1.165) is 18.7 Å². The first kappa shape index (κ1) is 16.9. The second kappa shape index (κ2) is 9.69. The molecule has 0 amide bonds. The molecule has 1 aromatic carbocycles. The topological polar surface area (TPSA) is 47.7 Å². The molecule has 5 heteroatoms. The molecule has 2 N–H and O–H groups in total. The third-order valence-electron chi connectivity index (χ3n) is 2.90. The van der Waals surface area contributed by atoms with Gasteiger partial charge in [0.25, 0.3) is 0 Å². The van der Waals surface area contributed by atoms with Gasteiger partial charge in [0.15, 0.2) is 0 Å². The number of anilines is 1. The van der Waals surface area contributed by atoms with Gasteiger partial charge >= 0.3 is 0 Å². The van der Waals surface area contributed by atoms with Crippen LogP contribution in [0.5, 0.6) is 0 Å². The molecule has 0 spiro atoms. The number of halogens is 1. The van der Waals surface area contributed by atoms with Crippen molar-refractivity contribution in [1.29, 1.82) is 0 Å². The van der Waals surface area contributed by atoms with Gasteiger partial charge in [-0.1, -0.05) is 0 Å². The summed E-state index contributed by atoms with van der Waals surface area (Å²) < 4.78 is 24.1. The fourth-order valence-electron chi connectivity index (χ4n) is 1.97. The summed E-state index contributed by atoms with van der Waals surface area (Å²) in [5, 5.41) is 0. The number of nitrogens with zero attached hydrogens (tertiary/aromatic N) is 1. The molecular formula is C15H25FN2O2. The van der Waals surface area contributed by atoms with Gasteiger partial charge in [0.1, 0.15) is 5.82 Å². The van der Waals surface area contributed by atoms with E-state index in [4.69, 9.17) is 15.2 Å². The van der Waals surface area contributed by atoms with Gasteiger partial charge in [-0.25, -0.2) is 4.39 Å². The number of benzene rings is 1. The molecule has 114 valence electrons. The highest BCUT2D eigenvalue weighted by Crippen LogP contribution is 2.13. The maximum absolute atomic E-state index is 13.3. The zero-order chi connectivity index (χ0) is 14.8. The molecule has 0 aliphatic carbocycles. The first-order valence-corrected chi connectivity index (χ1v) is 7.08. The molecule has 0 radical (unpaired) electrons. The van der Waals surface area contributed by atoms with E-state index in [-0.39, 0.29) is 5.82 Å². The quantitative estimate of drug-likeness (QED) is 0.529. The number of ether oxygens (including phenoxy) is 2. The van der Waals surface area contributed by atoms with Crippen LogP contribution < -0.4 is 5.73 Å². The van der Waals surface area contributed by atoms with Crippen molar-refractivity contribution in [2.45, 2.75) is 20.4 Å².